The van der Waals surface area contributed by atoms with E-state index in [9.17, 15) is 4.79 Å². The summed E-state index contributed by atoms with van der Waals surface area (Å²) in [6, 6.07) is 10.1. The highest BCUT2D eigenvalue weighted by Crippen LogP contribution is 2.21. The number of benzene rings is 1. The van der Waals surface area contributed by atoms with Crippen LogP contribution in [0.25, 0.3) is 0 Å². The van der Waals surface area contributed by atoms with Gasteiger partial charge in [-0.05, 0) is 18.4 Å². The molecule has 0 aliphatic rings. The Kier molecular flexibility index (Phi) is 5.87. The zero-order valence-electron chi connectivity index (χ0n) is 14.0. The molecule has 1 atom stereocenters. The minimum absolute atomic E-state index is 0.0685. The van der Waals surface area contributed by atoms with Gasteiger partial charge in [0, 0.05) is 25.3 Å². The molecule has 2 aromatic rings. The minimum atomic E-state index is -0.345. The van der Waals surface area contributed by atoms with Crippen LogP contribution in [0.5, 0.6) is 0 Å². The van der Waals surface area contributed by atoms with Crippen LogP contribution in [0.15, 0.2) is 36.5 Å². The van der Waals surface area contributed by atoms with Crippen LogP contribution in [-0.4, -0.2) is 32.3 Å². The number of carbonyl (C=O) groups is 1. The molecule has 0 bridgehead atoms. The first-order chi connectivity index (χ1) is 11.0. The molecular formula is C17H25N5O. The lowest BCUT2D eigenvalue weighted by Gasteiger charge is -2.27. The van der Waals surface area contributed by atoms with Gasteiger partial charge in [0.2, 0.25) is 5.91 Å². The molecular weight excluding hydrogens is 290 g/mol. The van der Waals surface area contributed by atoms with E-state index in [0.29, 0.717) is 12.5 Å². The molecule has 1 amide bonds. The Balaban J connectivity index is 2.12. The normalized spacial score (nSPS) is 12.7. The van der Waals surface area contributed by atoms with Crippen LogP contribution >= 0.6 is 0 Å². The highest BCUT2D eigenvalue weighted by Gasteiger charge is 2.19. The Bertz CT molecular complexity index is 623. The fourth-order valence-electron chi connectivity index (χ4n) is 2.55. The van der Waals surface area contributed by atoms with Gasteiger partial charge in [-0.2, -0.15) is 0 Å². The van der Waals surface area contributed by atoms with Crippen molar-refractivity contribution >= 4 is 5.91 Å². The average Bonchev–Trinajstić information content (AvgIpc) is 2.92. The molecule has 1 aromatic carbocycles. The van der Waals surface area contributed by atoms with Crippen LogP contribution in [0.1, 0.15) is 38.1 Å². The van der Waals surface area contributed by atoms with Gasteiger partial charge in [0.25, 0.3) is 0 Å². The molecule has 2 rings (SSSR count). The van der Waals surface area contributed by atoms with E-state index in [2.05, 4.69) is 31.1 Å². The molecule has 1 aromatic heterocycles. The molecule has 0 aliphatic carbocycles. The van der Waals surface area contributed by atoms with E-state index in [1.165, 1.54) is 0 Å². The summed E-state index contributed by atoms with van der Waals surface area (Å²) in [5, 5.41) is 8.36. The number of carbonyl (C=O) groups excluding carboxylic acids is 1. The summed E-state index contributed by atoms with van der Waals surface area (Å²) in [7, 11) is 0. The van der Waals surface area contributed by atoms with Gasteiger partial charge in [-0.25, -0.2) is 0 Å². The van der Waals surface area contributed by atoms with Crippen LogP contribution in [0, 0.1) is 5.92 Å². The van der Waals surface area contributed by atoms with Gasteiger partial charge >= 0.3 is 0 Å². The molecule has 1 heterocycles. The Hall–Kier alpha value is -2.21. The molecule has 6 heteroatoms. The number of aromatic nitrogens is 3. The fourth-order valence-corrected chi connectivity index (χ4v) is 2.55. The maximum atomic E-state index is 11.4. The molecule has 23 heavy (non-hydrogen) atoms. The summed E-state index contributed by atoms with van der Waals surface area (Å²) < 4.78 is 1.84. The number of nitrogens with zero attached hydrogens (tertiary/aromatic N) is 4. The van der Waals surface area contributed by atoms with Crippen molar-refractivity contribution in [2.75, 3.05) is 6.54 Å². The third kappa shape index (κ3) is 5.17. The van der Waals surface area contributed by atoms with E-state index >= 15 is 0 Å². The Morgan fingerprint density at radius 2 is 1.96 bits per heavy atom. The molecule has 6 nitrogen and oxygen atoms in total. The van der Waals surface area contributed by atoms with Crippen molar-refractivity contribution in [1.82, 2.24) is 19.9 Å². The summed E-state index contributed by atoms with van der Waals surface area (Å²) in [6.45, 7) is 7.90. The minimum Gasteiger partial charge on any atom is -0.369 e. The Labute approximate surface area is 137 Å². The van der Waals surface area contributed by atoms with E-state index < -0.39 is 0 Å². The van der Waals surface area contributed by atoms with Crippen LogP contribution in [-0.2, 0) is 17.9 Å². The van der Waals surface area contributed by atoms with E-state index in [-0.39, 0.29) is 18.5 Å². The van der Waals surface area contributed by atoms with E-state index in [0.717, 1.165) is 17.8 Å². The second-order valence-electron chi connectivity index (χ2n) is 6.28. The fraction of sp³-hybridized carbons (Fsp3) is 0.471. The lowest BCUT2D eigenvalue weighted by molar-refractivity contribution is -0.119. The van der Waals surface area contributed by atoms with Crippen LogP contribution < -0.4 is 5.73 Å². The molecule has 0 saturated heterocycles. The first-order valence-corrected chi connectivity index (χ1v) is 7.92. The summed E-state index contributed by atoms with van der Waals surface area (Å²) >= 11 is 0. The summed E-state index contributed by atoms with van der Waals surface area (Å²) in [4.78, 5) is 13.4. The number of amides is 1. The third-order valence-corrected chi connectivity index (χ3v) is 3.69. The van der Waals surface area contributed by atoms with E-state index in [1.54, 1.807) is 0 Å². The third-order valence-electron chi connectivity index (χ3n) is 3.69. The predicted octanol–water partition coefficient (Wildman–Crippen LogP) is 1.98. The number of rotatable bonds is 8. The van der Waals surface area contributed by atoms with E-state index in [1.807, 2.05) is 46.1 Å². The van der Waals surface area contributed by atoms with Crippen molar-refractivity contribution in [3.63, 3.8) is 0 Å². The van der Waals surface area contributed by atoms with Crippen molar-refractivity contribution < 1.29 is 4.79 Å². The molecule has 0 unspecified atom stereocenters. The van der Waals surface area contributed by atoms with Crippen molar-refractivity contribution in [3.8, 4) is 0 Å². The second-order valence-corrected chi connectivity index (χ2v) is 6.28. The second kappa shape index (κ2) is 7.87. The molecule has 2 N–H and O–H groups in total. The van der Waals surface area contributed by atoms with Gasteiger partial charge in [-0.1, -0.05) is 49.4 Å². The highest BCUT2D eigenvalue weighted by molar-refractivity contribution is 5.76. The van der Waals surface area contributed by atoms with Gasteiger partial charge in [-0.3, -0.25) is 14.4 Å². The summed E-state index contributed by atoms with van der Waals surface area (Å²) in [6.07, 6.45) is 1.94. The van der Waals surface area contributed by atoms with Gasteiger partial charge in [0.1, 0.15) is 0 Å². The zero-order chi connectivity index (χ0) is 16.8. The van der Waals surface area contributed by atoms with Crippen LogP contribution in [0.4, 0.5) is 0 Å². The average molecular weight is 315 g/mol. The maximum Gasteiger partial charge on any atom is 0.231 e. The van der Waals surface area contributed by atoms with Crippen molar-refractivity contribution in [3.05, 3.63) is 47.8 Å². The maximum absolute atomic E-state index is 11.4. The monoisotopic (exact) mass is 315 g/mol. The topological polar surface area (TPSA) is 77.0 Å². The number of nitrogens with two attached hydrogens (primary N) is 1. The number of hydrogen-bond acceptors (Lipinski definition) is 4. The number of primary amides is 1. The van der Waals surface area contributed by atoms with E-state index in [4.69, 9.17) is 5.73 Å². The summed E-state index contributed by atoms with van der Waals surface area (Å²) in [5.74, 6) is 0.164. The molecule has 0 saturated carbocycles. The first-order valence-electron chi connectivity index (χ1n) is 7.92. The molecule has 0 radical (unpaired) electrons. The lowest BCUT2D eigenvalue weighted by atomic mass is 10.1. The zero-order valence-corrected chi connectivity index (χ0v) is 14.0. The standard InChI is InChI=1S/C17H25N5O/c1-13(2)9-22-11-16(19-20-22)10-21(12-17(18)23)14(3)15-7-5-4-6-8-15/h4-8,11,13-14H,9-10,12H2,1-3H3,(H2,18,23)/t14-/m1/s1. The smallest absolute Gasteiger partial charge is 0.231 e. The van der Waals surface area contributed by atoms with Crippen LogP contribution in [0.3, 0.4) is 0 Å². The van der Waals surface area contributed by atoms with Crippen molar-refractivity contribution in [2.24, 2.45) is 11.7 Å². The lowest BCUT2D eigenvalue weighted by Crippen LogP contribution is -2.35. The quantitative estimate of drug-likeness (QED) is 0.808. The Morgan fingerprint density at radius 1 is 1.26 bits per heavy atom. The van der Waals surface area contributed by atoms with Crippen LogP contribution in [0.2, 0.25) is 0 Å². The van der Waals surface area contributed by atoms with Gasteiger partial charge < -0.3 is 5.73 Å². The van der Waals surface area contributed by atoms with Gasteiger partial charge in [0.05, 0.1) is 12.2 Å². The van der Waals surface area contributed by atoms with Crippen molar-refractivity contribution in [2.45, 2.75) is 39.9 Å². The molecule has 0 fully saturated rings. The Morgan fingerprint density at radius 3 is 2.57 bits per heavy atom. The number of hydrogen-bond donors (Lipinski definition) is 1. The SMILES string of the molecule is CC(C)Cn1cc(CN(CC(N)=O)[C@H](C)c2ccccc2)nn1. The first kappa shape index (κ1) is 17.1. The van der Waals surface area contributed by atoms with Gasteiger partial charge in [0.15, 0.2) is 0 Å². The summed E-state index contributed by atoms with van der Waals surface area (Å²) in [5.41, 5.74) is 7.40. The predicted molar refractivity (Wildman–Crippen MR) is 89.3 cm³/mol. The largest absolute Gasteiger partial charge is 0.369 e. The van der Waals surface area contributed by atoms with Gasteiger partial charge in [-0.15, -0.1) is 5.10 Å². The molecule has 0 aliphatic heterocycles. The molecule has 0 spiro atoms. The molecule has 124 valence electrons. The highest BCUT2D eigenvalue weighted by atomic mass is 16.1. The van der Waals surface area contributed by atoms with Crippen molar-refractivity contribution in [1.29, 1.82) is 0 Å².